The van der Waals surface area contributed by atoms with E-state index in [1.165, 1.54) is 12.8 Å². The molecule has 0 amide bonds. The van der Waals surface area contributed by atoms with E-state index in [-0.39, 0.29) is 5.92 Å². The van der Waals surface area contributed by atoms with Crippen LogP contribution in [0.5, 0.6) is 0 Å². The fourth-order valence-corrected chi connectivity index (χ4v) is 0.807. The molecule has 0 bridgehead atoms. The Kier molecular flexibility index (Phi) is 6.90. The van der Waals surface area contributed by atoms with Gasteiger partial charge in [-0.1, -0.05) is 39.5 Å². The van der Waals surface area contributed by atoms with Crippen LogP contribution in [0.1, 0.15) is 46.5 Å². The van der Waals surface area contributed by atoms with E-state index in [2.05, 4.69) is 18.8 Å². The van der Waals surface area contributed by atoms with Gasteiger partial charge in [0, 0.05) is 6.42 Å². The highest BCUT2D eigenvalue weighted by atomic mass is 16.3. The van der Waals surface area contributed by atoms with E-state index in [4.69, 9.17) is 0 Å². The van der Waals surface area contributed by atoms with Crippen molar-refractivity contribution in [3.63, 3.8) is 0 Å². The lowest BCUT2D eigenvalue weighted by Crippen LogP contribution is -2.11. The summed E-state index contributed by atoms with van der Waals surface area (Å²) in [7, 11) is 0. The number of unbranched alkanes of at least 4 members (excludes halogenated alkanes) is 3. The first-order valence-electron chi connectivity index (χ1n) is 4.85. The van der Waals surface area contributed by atoms with Crippen LogP contribution in [0, 0.1) is 17.8 Å². The van der Waals surface area contributed by atoms with Crippen LogP contribution in [-0.2, 0) is 0 Å². The van der Waals surface area contributed by atoms with Gasteiger partial charge in [0.2, 0.25) is 0 Å². The average molecular weight is 168 g/mol. The standard InChI is InChI=1S/C11H20O/c1-4-5-6-7-8-9-11(12)10(2)3/h10-12H,4-7H2,1-3H3/t11-/m1/s1. The predicted octanol–water partition coefficient (Wildman–Crippen LogP) is 2.59. The molecule has 1 atom stereocenters. The Hall–Kier alpha value is -0.480. The van der Waals surface area contributed by atoms with Crippen molar-refractivity contribution in [3.05, 3.63) is 0 Å². The Morgan fingerprint density at radius 1 is 1.25 bits per heavy atom. The van der Waals surface area contributed by atoms with Crippen molar-refractivity contribution in [3.8, 4) is 11.8 Å². The number of aliphatic hydroxyl groups is 1. The second kappa shape index (κ2) is 7.18. The molecule has 0 aliphatic rings. The Morgan fingerprint density at radius 3 is 2.42 bits per heavy atom. The lowest BCUT2D eigenvalue weighted by molar-refractivity contribution is 0.181. The van der Waals surface area contributed by atoms with Crippen LogP contribution >= 0.6 is 0 Å². The van der Waals surface area contributed by atoms with Crippen LogP contribution in [0.2, 0.25) is 0 Å². The molecule has 0 saturated carbocycles. The van der Waals surface area contributed by atoms with Crippen LogP contribution in [0.15, 0.2) is 0 Å². The lowest BCUT2D eigenvalue weighted by atomic mass is 10.1. The van der Waals surface area contributed by atoms with Crippen LogP contribution in [0.4, 0.5) is 0 Å². The van der Waals surface area contributed by atoms with Crippen molar-refractivity contribution in [2.45, 2.75) is 52.6 Å². The molecule has 70 valence electrons. The van der Waals surface area contributed by atoms with Gasteiger partial charge in [0.05, 0.1) is 0 Å². The minimum absolute atomic E-state index is 0.253. The zero-order valence-corrected chi connectivity index (χ0v) is 8.43. The molecule has 0 rings (SSSR count). The molecule has 0 unspecified atom stereocenters. The van der Waals surface area contributed by atoms with Crippen molar-refractivity contribution >= 4 is 0 Å². The molecule has 0 aromatic carbocycles. The van der Waals surface area contributed by atoms with E-state index in [1.807, 2.05) is 13.8 Å². The highest BCUT2D eigenvalue weighted by Gasteiger charge is 2.02. The predicted molar refractivity (Wildman–Crippen MR) is 52.8 cm³/mol. The highest BCUT2D eigenvalue weighted by molar-refractivity contribution is 5.05. The Morgan fingerprint density at radius 2 is 1.92 bits per heavy atom. The lowest BCUT2D eigenvalue weighted by Gasteiger charge is -2.05. The van der Waals surface area contributed by atoms with Crippen molar-refractivity contribution in [2.75, 3.05) is 0 Å². The maximum absolute atomic E-state index is 9.31. The maximum atomic E-state index is 9.31. The monoisotopic (exact) mass is 168 g/mol. The van der Waals surface area contributed by atoms with Crippen LogP contribution in [-0.4, -0.2) is 11.2 Å². The van der Waals surface area contributed by atoms with Crippen molar-refractivity contribution < 1.29 is 5.11 Å². The van der Waals surface area contributed by atoms with Gasteiger partial charge in [-0.15, -0.1) is 5.92 Å². The molecule has 0 aromatic heterocycles. The molecular weight excluding hydrogens is 148 g/mol. The van der Waals surface area contributed by atoms with Crippen molar-refractivity contribution in [1.82, 2.24) is 0 Å². The molecule has 0 saturated heterocycles. The molecule has 0 heterocycles. The van der Waals surface area contributed by atoms with E-state index in [0.29, 0.717) is 0 Å². The van der Waals surface area contributed by atoms with Crippen LogP contribution in [0.25, 0.3) is 0 Å². The van der Waals surface area contributed by atoms with E-state index in [9.17, 15) is 5.11 Å². The van der Waals surface area contributed by atoms with Gasteiger partial charge in [0.15, 0.2) is 0 Å². The molecular formula is C11H20O. The summed E-state index contributed by atoms with van der Waals surface area (Å²) in [6, 6.07) is 0. The molecule has 0 spiro atoms. The molecule has 1 N–H and O–H groups in total. The SMILES string of the molecule is CCCCCC#C[C@@H](O)C(C)C. The zero-order chi connectivity index (χ0) is 9.40. The summed E-state index contributed by atoms with van der Waals surface area (Å²) in [5.74, 6) is 6.10. The van der Waals surface area contributed by atoms with Gasteiger partial charge in [0.25, 0.3) is 0 Å². The first-order valence-corrected chi connectivity index (χ1v) is 4.85. The average Bonchev–Trinajstić information content (AvgIpc) is 2.03. The summed E-state index contributed by atoms with van der Waals surface area (Å²) in [4.78, 5) is 0. The summed E-state index contributed by atoms with van der Waals surface area (Å²) in [6.45, 7) is 6.13. The minimum Gasteiger partial charge on any atom is -0.380 e. The zero-order valence-electron chi connectivity index (χ0n) is 8.43. The largest absolute Gasteiger partial charge is 0.380 e. The van der Waals surface area contributed by atoms with Gasteiger partial charge in [-0.2, -0.15) is 0 Å². The Balaban J connectivity index is 3.45. The van der Waals surface area contributed by atoms with Crippen molar-refractivity contribution in [1.29, 1.82) is 0 Å². The third-order valence-corrected chi connectivity index (χ3v) is 1.79. The van der Waals surface area contributed by atoms with Gasteiger partial charge in [-0.3, -0.25) is 0 Å². The summed E-state index contributed by atoms with van der Waals surface area (Å²) >= 11 is 0. The van der Waals surface area contributed by atoms with Gasteiger partial charge < -0.3 is 5.11 Å². The fourth-order valence-electron chi connectivity index (χ4n) is 0.807. The second-order valence-electron chi connectivity index (χ2n) is 3.47. The van der Waals surface area contributed by atoms with Gasteiger partial charge in [-0.05, 0) is 12.3 Å². The van der Waals surface area contributed by atoms with Crippen molar-refractivity contribution in [2.24, 2.45) is 5.92 Å². The molecule has 0 aromatic rings. The van der Waals surface area contributed by atoms with Gasteiger partial charge >= 0.3 is 0 Å². The molecule has 0 aliphatic carbocycles. The Bertz CT molecular complexity index is 150. The first kappa shape index (κ1) is 11.5. The van der Waals surface area contributed by atoms with Crippen LogP contribution in [0.3, 0.4) is 0 Å². The number of aliphatic hydroxyl groups excluding tert-OH is 1. The first-order chi connectivity index (χ1) is 5.68. The third-order valence-electron chi connectivity index (χ3n) is 1.79. The molecule has 1 nitrogen and oxygen atoms in total. The summed E-state index contributed by atoms with van der Waals surface area (Å²) in [5, 5.41) is 9.31. The summed E-state index contributed by atoms with van der Waals surface area (Å²) in [6.07, 6.45) is 4.12. The van der Waals surface area contributed by atoms with E-state index in [0.717, 1.165) is 12.8 Å². The van der Waals surface area contributed by atoms with E-state index < -0.39 is 6.10 Å². The number of hydrogen-bond acceptors (Lipinski definition) is 1. The highest BCUT2D eigenvalue weighted by Crippen LogP contribution is 2.00. The number of rotatable bonds is 4. The summed E-state index contributed by atoms with van der Waals surface area (Å²) in [5.41, 5.74) is 0. The normalized spacial score (nSPS) is 12.4. The van der Waals surface area contributed by atoms with Gasteiger partial charge in [0.1, 0.15) is 6.10 Å². The molecule has 0 aliphatic heterocycles. The third kappa shape index (κ3) is 6.24. The second-order valence-corrected chi connectivity index (χ2v) is 3.47. The molecule has 0 radical (unpaired) electrons. The van der Waals surface area contributed by atoms with E-state index in [1.54, 1.807) is 0 Å². The Labute approximate surface area is 76.2 Å². The summed E-state index contributed by atoms with van der Waals surface area (Å²) < 4.78 is 0. The fraction of sp³-hybridized carbons (Fsp3) is 0.818. The topological polar surface area (TPSA) is 20.2 Å². The quantitative estimate of drug-likeness (QED) is 0.505. The number of hydrogen-bond donors (Lipinski definition) is 1. The smallest absolute Gasteiger partial charge is 0.117 e. The molecule has 12 heavy (non-hydrogen) atoms. The van der Waals surface area contributed by atoms with E-state index >= 15 is 0 Å². The maximum Gasteiger partial charge on any atom is 0.117 e. The van der Waals surface area contributed by atoms with Gasteiger partial charge in [-0.25, -0.2) is 0 Å². The molecule has 1 heteroatoms. The van der Waals surface area contributed by atoms with Crippen LogP contribution < -0.4 is 0 Å². The molecule has 0 fully saturated rings. The minimum atomic E-state index is -0.438.